The fourth-order valence-corrected chi connectivity index (χ4v) is 3.89. The first kappa shape index (κ1) is 14.5. The summed E-state index contributed by atoms with van der Waals surface area (Å²) in [6.07, 6.45) is 4.26. The molecule has 0 saturated heterocycles. The lowest BCUT2D eigenvalue weighted by molar-refractivity contribution is -0.120. The average molecular weight is 309 g/mol. The van der Waals surface area contributed by atoms with E-state index in [-0.39, 0.29) is 5.91 Å². The van der Waals surface area contributed by atoms with Crippen molar-refractivity contribution in [3.8, 4) is 0 Å². The van der Waals surface area contributed by atoms with E-state index in [1.54, 1.807) is 0 Å². The first-order chi connectivity index (χ1) is 11.2. The van der Waals surface area contributed by atoms with Crippen LogP contribution in [-0.4, -0.2) is 35.0 Å². The number of nitrogens with zero attached hydrogens (tertiary/aromatic N) is 3. The molecule has 2 aromatic rings. The molecule has 4 nitrogen and oxygen atoms in total. The molecule has 0 N–H and O–H groups in total. The Hall–Kier alpha value is -2.07. The fraction of sp³-hybridized carbons (Fsp3) is 0.421. The summed E-state index contributed by atoms with van der Waals surface area (Å²) < 4.78 is 2.29. The second-order valence-electron chi connectivity index (χ2n) is 6.55. The molecule has 2 aliphatic rings. The summed E-state index contributed by atoms with van der Waals surface area (Å²) in [5.74, 6) is 0.226. The van der Waals surface area contributed by atoms with Crippen LogP contribution in [0.3, 0.4) is 0 Å². The van der Waals surface area contributed by atoms with E-state index in [1.807, 2.05) is 11.0 Å². The zero-order chi connectivity index (χ0) is 15.8. The summed E-state index contributed by atoms with van der Waals surface area (Å²) in [6, 6.07) is 12.9. The molecule has 0 aliphatic carbocycles. The van der Waals surface area contributed by atoms with Gasteiger partial charge in [0, 0.05) is 43.3 Å². The van der Waals surface area contributed by atoms with Gasteiger partial charge in [-0.05, 0) is 43.5 Å². The molecule has 0 fully saturated rings. The first-order valence-electron chi connectivity index (χ1n) is 8.51. The molecule has 1 atom stereocenters. The molecule has 1 aromatic heterocycles. The predicted molar refractivity (Wildman–Crippen MR) is 91.5 cm³/mol. The van der Waals surface area contributed by atoms with Crippen molar-refractivity contribution < 1.29 is 4.79 Å². The van der Waals surface area contributed by atoms with Crippen molar-refractivity contribution in [3.05, 3.63) is 53.9 Å². The third-order valence-corrected chi connectivity index (χ3v) is 5.22. The number of benzene rings is 1. The number of rotatable bonds is 2. The molecule has 2 aliphatic heterocycles. The van der Waals surface area contributed by atoms with Crippen LogP contribution in [0.5, 0.6) is 0 Å². The molecule has 0 spiro atoms. The van der Waals surface area contributed by atoms with Crippen molar-refractivity contribution in [2.75, 3.05) is 24.5 Å². The highest BCUT2D eigenvalue weighted by molar-refractivity contribution is 5.96. The highest BCUT2D eigenvalue weighted by Crippen LogP contribution is 2.29. The maximum Gasteiger partial charge on any atom is 0.241 e. The van der Waals surface area contributed by atoms with Crippen molar-refractivity contribution in [2.24, 2.45) is 0 Å². The average Bonchev–Trinajstić information content (AvgIpc) is 3.06. The number of aromatic nitrogens is 1. The Bertz CT molecular complexity index is 721. The van der Waals surface area contributed by atoms with Gasteiger partial charge in [-0.2, -0.15) is 0 Å². The minimum atomic E-state index is 0.226. The number of carbonyl (C=O) groups is 1. The predicted octanol–water partition coefficient (Wildman–Crippen LogP) is 2.84. The molecule has 0 bridgehead atoms. The van der Waals surface area contributed by atoms with Crippen LogP contribution in [-0.2, 0) is 17.8 Å². The minimum absolute atomic E-state index is 0.226. The Morgan fingerprint density at radius 2 is 2.00 bits per heavy atom. The lowest BCUT2D eigenvalue weighted by atomic mass is 10.0. The van der Waals surface area contributed by atoms with Gasteiger partial charge in [0.05, 0.1) is 6.54 Å². The molecule has 120 valence electrons. The van der Waals surface area contributed by atoms with E-state index in [4.69, 9.17) is 0 Å². The summed E-state index contributed by atoms with van der Waals surface area (Å²) in [5, 5.41) is 0. The summed E-state index contributed by atoms with van der Waals surface area (Å²) >= 11 is 0. The van der Waals surface area contributed by atoms with Gasteiger partial charge in [0.1, 0.15) is 0 Å². The van der Waals surface area contributed by atoms with Crippen LogP contribution < -0.4 is 4.90 Å². The lowest BCUT2D eigenvalue weighted by Gasteiger charge is -2.37. The Morgan fingerprint density at radius 1 is 1.13 bits per heavy atom. The van der Waals surface area contributed by atoms with Gasteiger partial charge >= 0.3 is 0 Å². The van der Waals surface area contributed by atoms with Crippen LogP contribution in [0.2, 0.25) is 0 Å². The van der Waals surface area contributed by atoms with E-state index in [1.165, 1.54) is 11.3 Å². The van der Waals surface area contributed by atoms with Gasteiger partial charge in [0.15, 0.2) is 0 Å². The maximum absolute atomic E-state index is 12.9. The van der Waals surface area contributed by atoms with Crippen molar-refractivity contribution in [3.63, 3.8) is 0 Å². The second-order valence-corrected chi connectivity index (χ2v) is 6.55. The number of para-hydroxylation sites is 1. The largest absolute Gasteiger partial charge is 0.349 e. The van der Waals surface area contributed by atoms with Gasteiger partial charge in [-0.25, -0.2) is 0 Å². The zero-order valence-corrected chi connectivity index (χ0v) is 13.6. The molecule has 1 aromatic carbocycles. The van der Waals surface area contributed by atoms with Gasteiger partial charge in [0.25, 0.3) is 0 Å². The first-order valence-corrected chi connectivity index (χ1v) is 8.51. The van der Waals surface area contributed by atoms with Crippen molar-refractivity contribution in [1.29, 1.82) is 0 Å². The summed E-state index contributed by atoms with van der Waals surface area (Å²) in [4.78, 5) is 17.2. The highest BCUT2D eigenvalue weighted by Gasteiger charge is 2.28. The van der Waals surface area contributed by atoms with Crippen molar-refractivity contribution >= 4 is 11.6 Å². The van der Waals surface area contributed by atoms with E-state index in [2.05, 4.69) is 52.9 Å². The molecule has 1 amide bonds. The fourth-order valence-electron chi connectivity index (χ4n) is 3.89. The number of anilines is 1. The number of fused-ring (bicyclic) bond motifs is 2. The quantitative estimate of drug-likeness (QED) is 0.853. The molecule has 4 heteroatoms. The highest BCUT2D eigenvalue weighted by atomic mass is 16.2. The Balaban J connectivity index is 1.51. The second kappa shape index (κ2) is 5.85. The van der Waals surface area contributed by atoms with E-state index in [0.717, 1.165) is 38.2 Å². The number of hydrogen-bond donors (Lipinski definition) is 0. The smallest absolute Gasteiger partial charge is 0.241 e. The topological polar surface area (TPSA) is 28.5 Å². The molecule has 0 unspecified atom stereocenters. The van der Waals surface area contributed by atoms with E-state index in [0.29, 0.717) is 12.6 Å². The van der Waals surface area contributed by atoms with Gasteiger partial charge in [0.2, 0.25) is 5.91 Å². The van der Waals surface area contributed by atoms with E-state index in [9.17, 15) is 4.79 Å². The maximum atomic E-state index is 12.9. The summed E-state index contributed by atoms with van der Waals surface area (Å²) in [5.41, 5.74) is 3.72. The monoisotopic (exact) mass is 309 g/mol. The van der Waals surface area contributed by atoms with Gasteiger partial charge < -0.3 is 9.47 Å². The number of hydrogen-bond acceptors (Lipinski definition) is 2. The van der Waals surface area contributed by atoms with E-state index < -0.39 is 0 Å². The molecule has 4 rings (SSSR count). The van der Waals surface area contributed by atoms with E-state index >= 15 is 0 Å². The number of aryl methyl sites for hydroxylation is 1. The van der Waals surface area contributed by atoms with Crippen LogP contribution in [0.25, 0.3) is 0 Å². The third kappa shape index (κ3) is 2.57. The Morgan fingerprint density at radius 3 is 2.91 bits per heavy atom. The van der Waals surface area contributed by atoms with Crippen LogP contribution in [0, 0.1) is 0 Å². The van der Waals surface area contributed by atoms with Gasteiger partial charge in [-0.3, -0.25) is 9.69 Å². The lowest BCUT2D eigenvalue weighted by Crippen LogP contribution is -2.46. The molecule has 0 radical (unpaired) electrons. The number of carbonyl (C=O) groups excluding carboxylic acids is 1. The Labute approximate surface area is 137 Å². The standard InChI is InChI=1S/C19H23N3O/c1-15-17-9-5-10-20(17)12-13-21(15)14-19(23)22-11-4-7-16-6-2-3-8-18(16)22/h2-3,5-6,8-10,15H,4,7,11-14H2,1H3/t15-/m1/s1. The molecular formula is C19H23N3O. The molecule has 0 saturated carbocycles. The van der Waals surface area contributed by atoms with Crippen LogP contribution in [0.15, 0.2) is 42.6 Å². The van der Waals surface area contributed by atoms with Crippen LogP contribution in [0.1, 0.15) is 30.6 Å². The summed E-state index contributed by atoms with van der Waals surface area (Å²) in [6.45, 7) is 5.44. The van der Waals surface area contributed by atoms with Crippen LogP contribution in [0.4, 0.5) is 5.69 Å². The minimum Gasteiger partial charge on any atom is -0.349 e. The summed E-state index contributed by atoms with van der Waals surface area (Å²) in [7, 11) is 0. The molecule has 3 heterocycles. The zero-order valence-electron chi connectivity index (χ0n) is 13.6. The van der Waals surface area contributed by atoms with Gasteiger partial charge in [-0.15, -0.1) is 0 Å². The van der Waals surface area contributed by atoms with Gasteiger partial charge in [-0.1, -0.05) is 18.2 Å². The third-order valence-electron chi connectivity index (χ3n) is 5.22. The van der Waals surface area contributed by atoms with Crippen molar-refractivity contribution in [1.82, 2.24) is 9.47 Å². The normalized spacial score (nSPS) is 20.9. The number of amides is 1. The Kier molecular flexibility index (Phi) is 3.69. The SMILES string of the molecule is C[C@@H]1c2cccn2CCN1CC(=O)N1CCCc2ccccc21. The van der Waals surface area contributed by atoms with Crippen molar-refractivity contribution in [2.45, 2.75) is 32.4 Å². The molecule has 23 heavy (non-hydrogen) atoms. The van der Waals surface area contributed by atoms with Crippen LogP contribution >= 0.6 is 0 Å². The molecular weight excluding hydrogens is 286 g/mol.